The van der Waals surface area contributed by atoms with Crippen LogP contribution < -0.4 is 5.32 Å². The molecule has 0 aliphatic heterocycles. The van der Waals surface area contributed by atoms with Crippen molar-refractivity contribution in [1.29, 1.82) is 0 Å². The molecular formula is C14H19F2N. The molecule has 0 heterocycles. The standard InChI is InChI=1S/C14H19F2N/c1-9(11-6-7-11)8-17-10(2)14-12(15)4-3-5-13(14)16/h3-5,9-11,17H,6-8H2,1-2H3. The van der Waals surface area contributed by atoms with Crippen LogP contribution in [0.1, 0.15) is 38.3 Å². The third-order valence-corrected chi connectivity index (χ3v) is 3.61. The molecule has 1 aliphatic rings. The van der Waals surface area contributed by atoms with Crippen molar-refractivity contribution < 1.29 is 8.78 Å². The Morgan fingerprint density at radius 1 is 1.24 bits per heavy atom. The van der Waals surface area contributed by atoms with Crippen molar-refractivity contribution in [3.05, 3.63) is 35.4 Å². The summed E-state index contributed by atoms with van der Waals surface area (Å²) in [4.78, 5) is 0. The molecule has 1 saturated carbocycles. The van der Waals surface area contributed by atoms with E-state index in [4.69, 9.17) is 0 Å². The Hall–Kier alpha value is -0.960. The Balaban J connectivity index is 1.96. The van der Waals surface area contributed by atoms with E-state index in [1.54, 1.807) is 6.92 Å². The van der Waals surface area contributed by atoms with Gasteiger partial charge < -0.3 is 5.32 Å². The molecule has 94 valence electrons. The van der Waals surface area contributed by atoms with Gasteiger partial charge in [-0.1, -0.05) is 13.0 Å². The van der Waals surface area contributed by atoms with Gasteiger partial charge in [0.2, 0.25) is 0 Å². The van der Waals surface area contributed by atoms with Gasteiger partial charge in [0.05, 0.1) is 0 Å². The van der Waals surface area contributed by atoms with Gasteiger partial charge in [0, 0.05) is 11.6 Å². The van der Waals surface area contributed by atoms with E-state index in [-0.39, 0.29) is 11.6 Å². The van der Waals surface area contributed by atoms with E-state index in [2.05, 4.69) is 12.2 Å². The van der Waals surface area contributed by atoms with Crippen molar-refractivity contribution in [3.8, 4) is 0 Å². The highest BCUT2D eigenvalue weighted by Gasteiger charge is 2.28. The molecule has 1 fully saturated rings. The molecule has 1 aliphatic carbocycles. The van der Waals surface area contributed by atoms with Crippen LogP contribution in [0.5, 0.6) is 0 Å². The van der Waals surface area contributed by atoms with E-state index in [0.29, 0.717) is 5.92 Å². The molecule has 0 amide bonds. The molecule has 1 nitrogen and oxygen atoms in total. The highest BCUT2D eigenvalue weighted by atomic mass is 19.1. The van der Waals surface area contributed by atoms with Crippen molar-refractivity contribution in [2.24, 2.45) is 11.8 Å². The van der Waals surface area contributed by atoms with Crippen LogP contribution >= 0.6 is 0 Å². The lowest BCUT2D eigenvalue weighted by molar-refractivity contribution is 0.415. The first-order valence-electron chi connectivity index (χ1n) is 6.27. The lowest BCUT2D eigenvalue weighted by Gasteiger charge is -2.18. The first-order chi connectivity index (χ1) is 8.09. The minimum Gasteiger partial charge on any atom is -0.310 e. The normalized spacial score (nSPS) is 19.1. The fourth-order valence-corrected chi connectivity index (χ4v) is 2.22. The van der Waals surface area contributed by atoms with Crippen LogP contribution in [0.15, 0.2) is 18.2 Å². The predicted octanol–water partition coefficient (Wildman–Crippen LogP) is 3.66. The first-order valence-corrected chi connectivity index (χ1v) is 6.27. The molecule has 1 aromatic rings. The summed E-state index contributed by atoms with van der Waals surface area (Å²) in [5, 5.41) is 3.22. The quantitative estimate of drug-likeness (QED) is 0.826. The molecule has 2 unspecified atom stereocenters. The average Bonchev–Trinajstić information content (AvgIpc) is 3.09. The number of benzene rings is 1. The van der Waals surface area contributed by atoms with Gasteiger partial charge in [-0.25, -0.2) is 8.78 Å². The van der Waals surface area contributed by atoms with Crippen LogP contribution in [-0.4, -0.2) is 6.54 Å². The molecule has 0 radical (unpaired) electrons. The molecule has 0 spiro atoms. The average molecular weight is 239 g/mol. The molecule has 17 heavy (non-hydrogen) atoms. The smallest absolute Gasteiger partial charge is 0.130 e. The Morgan fingerprint density at radius 3 is 2.35 bits per heavy atom. The third kappa shape index (κ3) is 3.03. The zero-order valence-corrected chi connectivity index (χ0v) is 10.3. The summed E-state index contributed by atoms with van der Waals surface area (Å²) < 4.78 is 27.0. The Labute approximate surface area is 101 Å². The van der Waals surface area contributed by atoms with Gasteiger partial charge in [-0.3, -0.25) is 0 Å². The zero-order chi connectivity index (χ0) is 12.4. The summed E-state index contributed by atoms with van der Waals surface area (Å²) in [6.45, 7) is 4.82. The predicted molar refractivity (Wildman–Crippen MR) is 64.7 cm³/mol. The summed E-state index contributed by atoms with van der Waals surface area (Å²) in [5.41, 5.74) is 0.149. The van der Waals surface area contributed by atoms with Crippen molar-refractivity contribution in [2.45, 2.75) is 32.7 Å². The molecule has 0 bridgehead atoms. The second-order valence-corrected chi connectivity index (χ2v) is 5.08. The largest absolute Gasteiger partial charge is 0.310 e. The number of rotatable bonds is 5. The van der Waals surface area contributed by atoms with E-state index in [1.807, 2.05) is 0 Å². The van der Waals surface area contributed by atoms with Gasteiger partial charge in [-0.05, 0) is 50.3 Å². The second kappa shape index (κ2) is 5.13. The molecule has 0 saturated heterocycles. The summed E-state index contributed by atoms with van der Waals surface area (Å²) in [6.07, 6.45) is 2.59. The number of hydrogen-bond donors (Lipinski definition) is 1. The van der Waals surface area contributed by atoms with Crippen LogP contribution in [0.4, 0.5) is 8.78 Å². The summed E-state index contributed by atoms with van der Waals surface area (Å²) >= 11 is 0. The monoisotopic (exact) mass is 239 g/mol. The van der Waals surface area contributed by atoms with E-state index in [1.165, 1.54) is 31.0 Å². The van der Waals surface area contributed by atoms with Gasteiger partial charge in [0.25, 0.3) is 0 Å². The SMILES string of the molecule is CC(NCC(C)C1CC1)c1c(F)cccc1F. The van der Waals surface area contributed by atoms with Crippen LogP contribution in [-0.2, 0) is 0 Å². The third-order valence-electron chi connectivity index (χ3n) is 3.61. The molecule has 2 rings (SSSR count). The topological polar surface area (TPSA) is 12.0 Å². The van der Waals surface area contributed by atoms with Gasteiger partial charge >= 0.3 is 0 Å². The summed E-state index contributed by atoms with van der Waals surface area (Å²) in [7, 11) is 0. The van der Waals surface area contributed by atoms with Crippen molar-refractivity contribution >= 4 is 0 Å². The molecule has 2 atom stereocenters. The van der Waals surface area contributed by atoms with Crippen LogP contribution in [0.25, 0.3) is 0 Å². The maximum atomic E-state index is 13.5. The number of halogens is 2. The van der Waals surface area contributed by atoms with Crippen molar-refractivity contribution in [1.82, 2.24) is 5.32 Å². The Morgan fingerprint density at radius 2 is 1.82 bits per heavy atom. The molecular weight excluding hydrogens is 220 g/mol. The first kappa shape index (κ1) is 12.5. The van der Waals surface area contributed by atoms with Gasteiger partial charge in [-0.15, -0.1) is 0 Å². The van der Waals surface area contributed by atoms with Gasteiger partial charge in [0.15, 0.2) is 0 Å². The minimum absolute atomic E-state index is 0.149. The van der Waals surface area contributed by atoms with Crippen LogP contribution in [0.3, 0.4) is 0 Å². The van der Waals surface area contributed by atoms with E-state index in [9.17, 15) is 8.78 Å². The van der Waals surface area contributed by atoms with E-state index >= 15 is 0 Å². The second-order valence-electron chi connectivity index (χ2n) is 5.08. The Kier molecular flexibility index (Phi) is 3.77. The van der Waals surface area contributed by atoms with Crippen LogP contribution in [0, 0.1) is 23.5 Å². The van der Waals surface area contributed by atoms with Crippen LogP contribution in [0.2, 0.25) is 0 Å². The summed E-state index contributed by atoms with van der Waals surface area (Å²) in [6, 6.07) is 3.73. The maximum Gasteiger partial charge on any atom is 0.130 e. The highest BCUT2D eigenvalue weighted by molar-refractivity contribution is 5.22. The Bertz CT molecular complexity index is 368. The van der Waals surface area contributed by atoms with Gasteiger partial charge in [0.1, 0.15) is 11.6 Å². The minimum atomic E-state index is -0.468. The lowest BCUT2D eigenvalue weighted by Crippen LogP contribution is -2.26. The molecule has 3 heteroatoms. The van der Waals surface area contributed by atoms with E-state index < -0.39 is 11.6 Å². The van der Waals surface area contributed by atoms with Crippen molar-refractivity contribution in [3.63, 3.8) is 0 Å². The number of nitrogens with one attached hydrogen (secondary N) is 1. The lowest BCUT2D eigenvalue weighted by atomic mass is 10.0. The molecule has 1 aromatic carbocycles. The maximum absolute atomic E-state index is 13.5. The summed E-state index contributed by atoms with van der Waals surface area (Å²) in [5.74, 6) is 0.459. The van der Waals surface area contributed by atoms with Crippen molar-refractivity contribution in [2.75, 3.05) is 6.54 Å². The highest BCUT2D eigenvalue weighted by Crippen LogP contribution is 2.36. The number of hydrogen-bond acceptors (Lipinski definition) is 1. The molecule has 0 aromatic heterocycles. The van der Waals surface area contributed by atoms with Gasteiger partial charge in [-0.2, -0.15) is 0 Å². The zero-order valence-electron chi connectivity index (χ0n) is 10.3. The fourth-order valence-electron chi connectivity index (χ4n) is 2.22. The fraction of sp³-hybridized carbons (Fsp3) is 0.571. The van der Waals surface area contributed by atoms with E-state index in [0.717, 1.165) is 12.5 Å². The molecule has 1 N–H and O–H groups in total.